The second-order valence-electron chi connectivity index (χ2n) is 24.3. The fraction of sp³-hybridized carbons (Fsp3) is 0.894. The van der Waals surface area contributed by atoms with Crippen LogP contribution in [0.2, 0.25) is 0 Å². The molecular weight excluding hydrogens is 1090 g/mol. The third-order valence-corrected chi connectivity index (χ3v) is 17.0. The highest BCUT2D eigenvalue weighted by molar-refractivity contribution is 5.76. The molecule has 3 heterocycles. The smallest absolute Gasteiger partial charge is 0.220 e. The Morgan fingerprint density at radius 2 is 0.776 bits per heavy atom. The van der Waals surface area contributed by atoms with E-state index in [1.165, 1.54) is 148 Å². The van der Waals surface area contributed by atoms with Gasteiger partial charge in [0.1, 0.15) is 73.2 Å². The Morgan fingerprint density at radius 3 is 1.21 bits per heavy atom. The zero-order valence-electron chi connectivity index (χ0n) is 52.3. The molecule has 85 heavy (non-hydrogen) atoms. The molecule has 12 N–H and O–H groups in total. The van der Waals surface area contributed by atoms with Crippen LogP contribution >= 0.6 is 0 Å². The van der Waals surface area contributed by atoms with E-state index in [0.717, 1.165) is 64.2 Å². The Labute approximate surface area is 511 Å². The molecule has 3 rings (SSSR count). The fourth-order valence-electron chi connectivity index (χ4n) is 11.4. The number of allylic oxidation sites excluding steroid dienone is 6. The largest absolute Gasteiger partial charge is 0.394 e. The minimum absolute atomic E-state index is 0.248. The summed E-state index contributed by atoms with van der Waals surface area (Å²) < 4.78 is 34.2. The normalized spacial score (nSPS) is 29.2. The van der Waals surface area contributed by atoms with E-state index in [4.69, 9.17) is 28.4 Å². The predicted octanol–water partition coefficient (Wildman–Crippen LogP) is 8.05. The quantitative estimate of drug-likeness (QED) is 0.0202. The van der Waals surface area contributed by atoms with Crippen molar-refractivity contribution in [2.75, 3.05) is 26.4 Å². The van der Waals surface area contributed by atoms with E-state index in [1.54, 1.807) is 0 Å². The Bertz CT molecular complexity index is 1690. The van der Waals surface area contributed by atoms with Crippen molar-refractivity contribution in [3.8, 4) is 0 Å². The van der Waals surface area contributed by atoms with E-state index in [9.17, 15) is 61.0 Å². The van der Waals surface area contributed by atoms with Crippen molar-refractivity contribution >= 4 is 5.91 Å². The van der Waals surface area contributed by atoms with Crippen LogP contribution in [-0.2, 0) is 33.2 Å². The number of carbonyl (C=O) groups is 1. The molecule has 0 saturated carbocycles. The number of ether oxygens (including phenoxy) is 6. The minimum Gasteiger partial charge on any atom is -0.394 e. The summed E-state index contributed by atoms with van der Waals surface area (Å²) in [5.41, 5.74) is 0. The van der Waals surface area contributed by atoms with Gasteiger partial charge in [-0.1, -0.05) is 224 Å². The van der Waals surface area contributed by atoms with Crippen molar-refractivity contribution in [2.45, 2.75) is 349 Å². The van der Waals surface area contributed by atoms with Gasteiger partial charge in [-0.25, -0.2) is 0 Å². The van der Waals surface area contributed by atoms with Crippen molar-refractivity contribution in [1.29, 1.82) is 0 Å². The first kappa shape index (κ1) is 77.3. The van der Waals surface area contributed by atoms with E-state index in [1.807, 2.05) is 0 Å². The summed E-state index contributed by atoms with van der Waals surface area (Å²) >= 11 is 0. The molecule has 498 valence electrons. The van der Waals surface area contributed by atoms with Gasteiger partial charge in [0.05, 0.1) is 38.6 Å². The van der Waals surface area contributed by atoms with E-state index in [2.05, 4.69) is 55.6 Å². The molecule has 17 atom stereocenters. The molecule has 17 unspecified atom stereocenters. The molecule has 0 aromatic carbocycles. The van der Waals surface area contributed by atoms with Crippen LogP contribution in [0.25, 0.3) is 0 Å². The number of hydrogen-bond donors (Lipinski definition) is 12. The molecule has 19 heteroatoms. The van der Waals surface area contributed by atoms with E-state index < -0.39 is 124 Å². The van der Waals surface area contributed by atoms with Gasteiger partial charge in [0, 0.05) is 6.42 Å². The van der Waals surface area contributed by atoms with Crippen molar-refractivity contribution in [2.24, 2.45) is 0 Å². The van der Waals surface area contributed by atoms with Crippen LogP contribution < -0.4 is 5.32 Å². The Hall–Kier alpha value is -1.99. The van der Waals surface area contributed by atoms with Gasteiger partial charge in [0.15, 0.2) is 18.9 Å². The van der Waals surface area contributed by atoms with Gasteiger partial charge < -0.3 is 89.9 Å². The van der Waals surface area contributed by atoms with Gasteiger partial charge >= 0.3 is 0 Å². The van der Waals surface area contributed by atoms with E-state index >= 15 is 0 Å². The summed E-state index contributed by atoms with van der Waals surface area (Å²) in [5, 5.41) is 120. The summed E-state index contributed by atoms with van der Waals surface area (Å²) in [5.74, 6) is -0.248. The topological polar surface area (TPSA) is 307 Å². The zero-order valence-corrected chi connectivity index (χ0v) is 52.3. The molecule has 3 saturated heterocycles. The SMILES string of the molecule is CCCCCCC/C=C\C/C=C\C/C=C\CCCCCCCCCCCCCCCCCCCCCCC(=O)NC(COC1OC(CO)C(OC2OC(CO)C(OC3OC(CO)C(O)C(O)C3O)C(O)C2O)C(O)C1O)C(O)CCCCCCC. The van der Waals surface area contributed by atoms with Gasteiger partial charge in [-0.3, -0.25) is 4.79 Å². The molecule has 3 fully saturated rings. The lowest BCUT2D eigenvalue weighted by molar-refractivity contribution is -0.379. The van der Waals surface area contributed by atoms with E-state index in [-0.39, 0.29) is 18.9 Å². The average Bonchev–Trinajstić information content (AvgIpc) is 2.21. The number of aliphatic hydroxyl groups excluding tert-OH is 11. The molecule has 0 bridgehead atoms. The number of amides is 1. The third kappa shape index (κ3) is 31.5. The summed E-state index contributed by atoms with van der Waals surface area (Å²) in [4.78, 5) is 13.3. The molecule has 0 aromatic heterocycles. The summed E-state index contributed by atoms with van der Waals surface area (Å²) in [6.07, 6.45) is 29.1. The van der Waals surface area contributed by atoms with Crippen LogP contribution in [0.5, 0.6) is 0 Å². The number of rotatable bonds is 51. The van der Waals surface area contributed by atoms with Crippen LogP contribution in [0.3, 0.4) is 0 Å². The summed E-state index contributed by atoms with van der Waals surface area (Å²) in [6, 6.07) is -0.881. The van der Waals surface area contributed by atoms with Crippen LogP contribution in [0.15, 0.2) is 36.5 Å². The molecule has 1 amide bonds. The zero-order chi connectivity index (χ0) is 61.9. The monoisotopic (exact) mass is 1220 g/mol. The molecule has 0 aliphatic carbocycles. The lowest BCUT2D eigenvalue weighted by atomic mass is 9.96. The van der Waals surface area contributed by atoms with Crippen molar-refractivity contribution in [3.63, 3.8) is 0 Å². The molecule has 0 aromatic rings. The molecule has 3 aliphatic rings. The van der Waals surface area contributed by atoms with Gasteiger partial charge in [-0.05, 0) is 51.4 Å². The average molecular weight is 1220 g/mol. The van der Waals surface area contributed by atoms with Crippen molar-refractivity contribution in [3.05, 3.63) is 36.5 Å². The fourth-order valence-corrected chi connectivity index (χ4v) is 11.4. The Balaban J connectivity index is 1.25. The second kappa shape index (κ2) is 48.8. The van der Waals surface area contributed by atoms with Crippen molar-refractivity contribution < 1.29 is 89.4 Å². The van der Waals surface area contributed by atoms with Crippen LogP contribution in [0.4, 0.5) is 0 Å². The minimum atomic E-state index is -1.97. The van der Waals surface area contributed by atoms with Gasteiger partial charge in [0.2, 0.25) is 5.91 Å². The van der Waals surface area contributed by atoms with Crippen molar-refractivity contribution in [1.82, 2.24) is 5.32 Å². The first-order valence-corrected chi connectivity index (χ1v) is 33.7. The molecule has 19 nitrogen and oxygen atoms in total. The number of carbonyl (C=O) groups excluding carboxylic acids is 1. The standard InChI is InChI=1S/C66H121NO18/c1-3-5-7-9-10-11-12-13-14-15-16-17-18-19-20-21-22-23-24-25-26-27-28-29-30-31-32-33-34-35-36-37-38-40-42-44-54(72)67-49(50(71)43-41-39-8-6-4-2)48-80-64-60(78)57(75)62(52(46-69)82-64)85-66-61(79)58(76)63(53(47-70)83-66)84-65-59(77)56(74)55(73)51(45-68)81-65/h12-13,15-16,18-19,49-53,55-66,68-71,73-79H,3-11,14,17,20-48H2,1-2H3,(H,67,72)/b13-12-,16-15-,19-18-. The number of nitrogens with one attached hydrogen (secondary N) is 1. The first-order valence-electron chi connectivity index (χ1n) is 33.7. The number of hydrogen-bond acceptors (Lipinski definition) is 18. The summed E-state index contributed by atoms with van der Waals surface area (Å²) in [6.45, 7) is 1.68. The number of aliphatic hydroxyl groups is 11. The highest BCUT2D eigenvalue weighted by Crippen LogP contribution is 2.33. The third-order valence-electron chi connectivity index (χ3n) is 17.0. The maximum absolute atomic E-state index is 13.3. The highest BCUT2D eigenvalue weighted by Gasteiger charge is 2.53. The van der Waals surface area contributed by atoms with Gasteiger partial charge in [0.25, 0.3) is 0 Å². The second-order valence-corrected chi connectivity index (χ2v) is 24.3. The highest BCUT2D eigenvalue weighted by atomic mass is 16.8. The van der Waals surface area contributed by atoms with E-state index in [0.29, 0.717) is 12.8 Å². The van der Waals surface area contributed by atoms with Gasteiger partial charge in [-0.15, -0.1) is 0 Å². The van der Waals surface area contributed by atoms with Gasteiger partial charge in [-0.2, -0.15) is 0 Å². The molecule has 3 aliphatic heterocycles. The van der Waals surface area contributed by atoms with Crippen LogP contribution in [-0.4, -0.2) is 193 Å². The maximum Gasteiger partial charge on any atom is 0.220 e. The lowest BCUT2D eigenvalue weighted by Gasteiger charge is -2.48. The number of unbranched alkanes of at least 4 members (excludes halogenated alkanes) is 29. The first-order chi connectivity index (χ1) is 41.3. The van der Waals surface area contributed by atoms with Crippen LogP contribution in [0.1, 0.15) is 245 Å². The Morgan fingerprint density at radius 1 is 0.424 bits per heavy atom. The lowest BCUT2D eigenvalue weighted by Crippen LogP contribution is -2.66. The molecule has 0 spiro atoms. The molecular formula is C66H121NO18. The molecule has 0 radical (unpaired) electrons. The predicted molar refractivity (Wildman–Crippen MR) is 328 cm³/mol. The Kier molecular flexibility index (Phi) is 44.4. The maximum atomic E-state index is 13.3. The summed E-state index contributed by atoms with van der Waals surface area (Å²) in [7, 11) is 0. The van der Waals surface area contributed by atoms with Crippen LogP contribution in [0, 0.1) is 0 Å².